The van der Waals surface area contributed by atoms with E-state index in [1.54, 1.807) is 23.1 Å². The van der Waals surface area contributed by atoms with Gasteiger partial charge < -0.3 is 15.0 Å². The van der Waals surface area contributed by atoms with Crippen molar-refractivity contribution in [2.45, 2.75) is 19.8 Å². The van der Waals surface area contributed by atoms with E-state index in [0.717, 1.165) is 22.0 Å². The number of carbonyl (C=O) groups is 3. The third-order valence-corrected chi connectivity index (χ3v) is 5.24. The molecule has 1 heterocycles. The van der Waals surface area contributed by atoms with Crippen molar-refractivity contribution in [3.8, 4) is 0 Å². The third-order valence-electron chi connectivity index (χ3n) is 5.24. The first kappa shape index (κ1) is 19.6. The molecular formula is C24H22N2O4. The summed E-state index contributed by atoms with van der Waals surface area (Å²) in [6.07, 6.45) is 0.965. The van der Waals surface area contributed by atoms with Gasteiger partial charge in [0.1, 0.15) is 0 Å². The van der Waals surface area contributed by atoms with Gasteiger partial charge in [-0.25, -0.2) is 4.79 Å². The van der Waals surface area contributed by atoms with Crippen LogP contribution < -0.4 is 10.2 Å². The van der Waals surface area contributed by atoms with Crippen LogP contribution in [0.3, 0.4) is 0 Å². The minimum absolute atomic E-state index is 0.0310. The fourth-order valence-electron chi connectivity index (χ4n) is 3.72. The molecule has 0 saturated heterocycles. The number of amides is 2. The van der Waals surface area contributed by atoms with Gasteiger partial charge in [-0.05, 0) is 48.6 Å². The largest absolute Gasteiger partial charge is 0.452 e. The molecule has 0 aromatic heterocycles. The number of aryl methyl sites for hydroxylation is 1. The summed E-state index contributed by atoms with van der Waals surface area (Å²) in [7, 11) is 0. The number of fused-ring (bicyclic) bond motifs is 2. The van der Waals surface area contributed by atoms with Gasteiger partial charge in [0.05, 0.1) is 11.3 Å². The maximum atomic E-state index is 12.8. The summed E-state index contributed by atoms with van der Waals surface area (Å²) in [6, 6.07) is 18.7. The lowest BCUT2D eigenvalue weighted by Crippen LogP contribution is -2.34. The molecule has 6 heteroatoms. The monoisotopic (exact) mass is 402 g/mol. The van der Waals surface area contributed by atoms with Crippen molar-refractivity contribution >= 4 is 39.9 Å². The van der Waals surface area contributed by atoms with Gasteiger partial charge in [0, 0.05) is 24.0 Å². The summed E-state index contributed by atoms with van der Waals surface area (Å²) < 4.78 is 5.30. The van der Waals surface area contributed by atoms with E-state index in [4.69, 9.17) is 4.74 Å². The van der Waals surface area contributed by atoms with Gasteiger partial charge in [0.15, 0.2) is 6.61 Å². The predicted octanol–water partition coefficient (Wildman–Crippen LogP) is 3.93. The second-order valence-electron chi connectivity index (χ2n) is 7.13. The lowest BCUT2D eigenvalue weighted by Gasteiger charge is -2.22. The quantitative estimate of drug-likeness (QED) is 0.656. The maximum Gasteiger partial charge on any atom is 0.338 e. The molecule has 152 valence electrons. The summed E-state index contributed by atoms with van der Waals surface area (Å²) in [5.41, 5.74) is 2.76. The smallest absolute Gasteiger partial charge is 0.338 e. The normalized spacial score (nSPS) is 12.8. The zero-order chi connectivity index (χ0) is 21.1. The average molecular weight is 402 g/mol. The highest BCUT2D eigenvalue weighted by molar-refractivity contribution is 6.05. The van der Waals surface area contributed by atoms with Crippen LogP contribution in [0.2, 0.25) is 0 Å². The Kier molecular flexibility index (Phi) is 5.48. The topological polar surface area (TPSA) is 75.7 Å². The molecule has 6 nitrogen and oxygen atoms in total. The van der Waals surface area contributed by atoms with Crippen LogP contribution in [-0.4, -0.2) is 30.9 Å². The van der Waals surface area contributed by atoms with Crippen LogP contribution in [0, 0.1) is 0 Å². The molecule has 1 aliphatic heterocycles. The Morgan fingerprint density at radius 1 is 1.03 bits per heavy atom. The van der Waals surface area contributed by atoms with E-state index in [9.17, 15) is 14.4 Å². The predicted molar refractivity (Wildman–Crippen MR) is 116 cm³/mol. The molecule has 0 radical (unpaired) electrons. The van der Waals surface area contributed by atoms with Crippen LogP contribution in [0.4, 0.5) is 11.4 Å². The molecule has 0 unspecified atom stereocenters. The van der Waals surface area contributed by atoms with Crippen LogP contribution in [0.1, 0.15) is 29.3 Å². The average Bonchev–Trinajstić information content (AvgIpc) is 2.77. The van der Waals surface area contributed by atoms with Crippen LogP contribution >= 0.6 is 0 Å². The van der Waals surface area contributed by atoms with E-state index in [1.807, 2.05) is 49.4 Å². The van der Waals surface area contributed by atoms with Gasteiger partial charge >= 0.3 is 5.97 Å². The van der Waals surface area contributed by atoms with Gasteiger partial charge in [0.2, 0.25) is 5.91 Å². The zero-order valence-electron chi connectivity index (χ0n) is 16.7. The van der Waals surface area contributed by atoms with Gasteiger partial charge in [-0.2, -0.15) is 0 Å². The van der Waals surface area contributed by atoms with E-state index in [0.29, 0.717) is 30.6 Å². The number of hydrogen-bond donors (Lipinski definition) is 1. The summed E-state index contributed by atoms with van der Waals surface area (Å²) in [5.74, 6) is -0.874. The van der Waals surface area contributed by atoms with Crippen molar-refractivity contribution in [2.24, 2.45) is 0 Å². The maximum absolute atomic E-state index is 12.8. The van der Waals surface area contributed by atoms with Crippen molar-refractivity contribution in [3.05, 3.63) is 71.8 Å². The second kappa shape index (κ2) is 8.37. The molecule has 1 aliphatic rings. The molecule has 1 N–H and O–H groups in total. The van der Waals surface area contributed by atoms with E-state index in [1.165, 1.54) is 0 Å². The van der Waals surface area contributed by atoms with Gasteiger partial charge in [-0.15, -0.1) is 0 Å². The summed E-state index contributed by atoms with van der Waals surface area (Å²) in [6.45, 7) is 2.01. The molecule has 0 atom stereocenters. The van der Waals surface area contributed by atoms with Crippen LogP contribution in [0.15, 0.2) is 60.7 Å². The van der Waals surface area contributed by atoms with Gasteiger partial charge in [-0.3, -0.25) is 9.59 Å². The van der Waals surface area contributed by atoms with Crippen LogP contribution in [-0.2, 0) is 20.7 Å². The molecule has 0 aliphatic carbocycles. The second-order valence-corrected chi connectivity index (χ2v) is 7.13. The highest BCUT2D eigenvalue weighted by atomic mass is 16.5. The van der Waals surface area contributed by atoms with E-state index in [2.05, 4.69) is 5.32 Å². The Morgan fingerprint density at radius 2 is 1.83 bits per heavy atom. The van der Waals surface area contributed by atoms with Crippen molar-refractivity contribution in [2.75, 3.05) is 23.4 Å². The minimum atomic E-state index is -0.558. The Hall–Kier alpha value is -3.67. The van der Waals surface area contributed by atoms with Gasteiger partial charge in [-0.1, -0.05) is 36.4 Å². The number of ether oxygens (including phenoxy) is 1. The first-order valence-electron chi connectivity index (χ1n) is 9.95. The van der Waals surface area contributed by atoms with E-state index >= 15 is 0 Å². The van der Waals surface area contributed by atoms with Crippen molar-refractivity contribution in [1.82, 2.24) is 0 Å². The zero-order valence-corrected chi connectivity index (χ0v) is 16.7. The number of nitrogens with one attached hydrogen (secondary N) is 1. The molecule has 0 spiro atoms. The molecule has 4 rings (SSSR count). The third kappa shape index (κ3) is 3.89. The van der Waals surface area contributed by atoms with Crippen molar-refractivity contribution < 1.29 is 19.1 Å². The number of likely N-dealkylation sites (N-methyl/N-ethyl adjacent to an activating group) is 1. The fraction of sp³-hybridized carbons (Fsp3) is 0.208. The Morgan fingerprint density at radius 3 is 2.67 bits per heavy atom. The number of nitrogens with zero attached hydrogens (tertiary/aromatic N) is 1. The highest BCUT2D eigenvalue weighted by Crippen LogP contribution is 2.27. The lowest BCUT2D eigenvalue weighted by atomic mass is 10.0. The molecule has 0 bridgehead atoms. The van der Waals surface area contributed by atoms with Crippen molar-refractivity contribution in [3.63, 3.8) is 0 Å². The highest BCUT2D eigenvalue weighted by Gasteiger charge is 2.20. The number of anilines is 2. The standard InChI is InChI=1S/C24H22N2O4/c1-2-26(21-9-5-7-16-6-3-4-8-19(16)21)23(28)15-30-24(29)18-10-12-20-17(14-18)11-13-22(27)25-20/h3-10,12,14H,2,11,13,15H2,1H3,(H,25,27). The Labute approximate surface area is 174 Å². The molecule has 3 aromatic carbocycles. The number of esters is 1. The van der Waals surface area contributed by atoms with Gasteiger partial charge in [0.25, 0.3) is 5.91 Å². The summed E-state index contributed by atoms with van der Waals surface area (Å²) in [5, 5.41) is 4.79. The first-order valence-corrected chi connectivity index (χ1v) is 9.95. The minimum Gasteiger partial charge on any atom is -0.452 e. The lowest BCUT2D eigenvalue weighted by molar-refractivity contribution is -0.121. The molecule has 0 fully saturated rings. The van der Waals surface area contributed by atoms with Crippen molar-refractivity contribution in [1.29, 1.82) is 0 Å². The van der Waals surface area contributed by atoms with Crippen LogP contribution in [0.25, 0.3) is 10.8 Å². The van der Waals surface area contributed by atoms with E-state index in [-0.39, 0.29) is 18.4 Å². The number of benzene rings is 3. The Bertz CT molecular complexity index is 1130. The Balaban J connectivity index is 1.47. The number of hydrogen-bond acceptors (Lipinski definition) is 4. The SMILES string of the molecule is CCN(C(=O)COC(=O)c1ccc2c(c1)CCC(=O)N2)c1cccc2ccccc12. The van der Waals surface area contributed by atoms with Crippen LogP contribution in [0.5, 0.6) is 0 Å². The molecule has 30 heavy (non-hydrogen) atoms. The fourth-order valence-corrected chi connectivity index (χ4v) is 3.72. The summed E-state index contributed by atoms with van der Waals surface area (Å²) >= 11 is 0. The molecule has 3 aromatic rings. The molecule has 0 saturated carbocycles. The number of rotatable bonds is 5. The first-order chi connectivity index (χ1) is 14.6. The molecule has 2 amide bonds. The summed E-state index contributed by atoms with van der Waals surface area (Å²) in [4.78, 5) is 38.4. The number of carbonyl (C=O) groups excluding carboxylic acids is 3. The molecular weight excluding hydrogens is 380 g/mol. The van der Waals surface area contributed by atoms with E-state index < -0.39 is 5.97 Å².